The molecule has 0 saturated heterocycles. The Bertz CT molecular complexity index is 652. The lowest BCUT2D eigenvalue weighted by atomic mass is 10.1. The third-order valence-corrected chi connectivity index (χ3v) is 3.48. The molecule has 7 nitrogen and oxygen atoms in total. The van der Waals surface area contributed by atoms with E-state index in [4.69, 9.17) is 9.47 Å². The fourth-order valence-electron chi connectivity index (χ4n) is 2.20. The van der Waals surface area contributed by atoms with Crippen LogP contribution in [-0.4, -0.2) is 42.8 Å². The Morgan fingerprint density at radius 3 is 2.25 bits per heavy atom. The quantitative estimate of drug-likeness (QED) is 0.618. The molecule has 1 aromatic rings. The first-order chi connectivity index (χ1) is 13.1. The van der Waals surface area contributed by atoms with Crippen molar-refractivity contribution in [2.75, 3.05) is 6.61 Å². The van der Waals surface area contributed by atoms with Crippen LogP contribution in [0.4, 0.5) is 18.0 Å². The molecule has 0 aromatic heterocycles. The van der Waals surface area contributed by atoms with Crippen molar-refractivity contribution in [1.29, 1.82) is 0 Å². The molecule has 0 saturated carbocycles. The minimum absolute atomic E-state index is 0.157. The Labute approximate surface area is 160 Å². The molecule has 0 radical (unpaired) electrons. The summed E-state index contributed by atoms with van der Waals surface area (Å²) in [4.78, 5) is 34.8. The van der Waals surface area contributed by atoms with E-state index in [9.17, 15) is 27.6 Å². The maximum Gasteiger partial charge on any atom is 0.409 e. The van der Waals surface area contributed by atoms with E-state index in [1.165, 1.54) is 6.92 Å². The third kappa shape index (κ3) is 9.24. The van der Waals surface area contributed by atoms with Crippen LogP contribution in [0, 0.1) is 0 Å². The Balaban J connectivity index is 2.54. The SMILES string of the molecule is CCOC(=O)C[C@H](C)NC(=O)C[C@H](NC(=O)OCc1ccccc1)C(F)(F)F. The largest absolute Gasteiger partial charge is 0.466 e. The number of esters is 1. The van der Waals surface area contributed by atoms with Gasteiger partial charge in [-0.15, -0.1) is 0 Å². The van der Waals surface area contributed by atoms with E-state index in [0.717, 1.165) is 0 Å². The number of halogens is 3. The summed E-state index contributed by atoms with van der Waals surface area (Å²) >= 11 is 0. The highest BCUT2D eigenvalue weighted by Gasteiger charge is 2.42. The van der Waals surface area contributed by atoms with E-state index in [1.807, 2.05) is 0 Å². The molecule has 0 unspecified atom stereocenters. The van der Waals surface area contributed by atoms with E-state index in [-0.39, 0.29) is 19.6 Å². The molecular formula is C18H23F3N2O5. The molecule has 28 heavy (non-hydrogen) atoms. The summed E-state index contributed by atoms with van der Waals surface area (Å²) < 4.78 is 48.8. The molecule has 0 spiro atoms. The van der Waals surface area contributed by atoms with Gasteiger partial charge in [-0.1, -0.05) is 30.3 Å². The van der Waals surface area contributed by atoms with Gasteiger partial charge in [0, 0.05) is 6.04 Å². The van der Waals surface area contributed by atoms with Crippen LogP contribution in [0.15, 0.2) is 30.3 Å². The Hall–Kier alpha value is -2.78. The molecule has 2 atom stereocenters. The molecule has 1 aromatic carbocycles. The molecule has 2 N–H and O–H groups in total. The van der Waals surface area contributed by atoms with Crippen LogP contribution in [0.2, 0.25) is 0 Å². The zero-order chi connectivity index (χ0) is 21.2. The third-order valence-electron chi connectivity index (χ3n) is 3.48. The van der Waals surface area contributed by atoms with Gasteiger partial charge in [0.2, 0.25) is 5.91 Å². The van der Waals surface area contributed by atoms with Gasteiger partial charge >= 0.3 is 18.2 Å². The molecule has 0 aliphatic rings. The van der Waals surface area contributed by atoms with Gasteiger partial charge in [0.1, 0.15) is 12.6 Å². The summed E-state index contributed by atoms with van der Waals surface area (Å²) in [7, 11) is 0. The van der Waals surface area contributed by atoms with Crippen molar-refractivity contribution in [2.45, 2.75) is 51.6 Å². The van der Waals surface area contributed by atoms with Gasteiger partial charge in [0.25, 0.3) is 0 Å². The second kappa shape index (κ2) is 11.2. The topological polar surface area (TPSA) is 93.7 Å². The highest BCUT2D eigenvalue weighted by Crippen LogP contribution is 2.23. The van der Waals surface area contributed by atoms with E-state index < -0.39 is 42.7 Å². The average molecular weight is 404 g/mol. The fraction of sp³-hybridized carbons (Fsp3) is 0.500. The normalized spacial score (nSPS) is 13.2. The monoisotopic (exact) mass is 404 g/mol. The van der Waals surface area contributed by atoms with Crippen LogP contribution in [0.5, 0.6) is 0 Å². The van der Waals surface area contributed by atoms with Gasteiger partial charge in [-0.2, -0.15) is 13.2 Å². The summed E-state index contributed by atoms with van der Waals surface area (Å²) in [5.41, 5.74) is 0.603. The van der Waals surface area contributed by atoms with Crippen molar-refractivity contribution >= 4 is 18.0 Å². The van der Waals surface area contributed by atoms with Crippen molar-refractivity contribution in [3.8, 4) is 0 Å². The molecule has 0 aliphatic heterocycles. The number of hydrogen-bond acceptors (Lipinski definition) is 5. The summed E-state index contributed by atoms with van der Waals surface area (Å²) in [6.07, 6.45) is -7.37. The molecule has 2 amide bonds. The summed E-state index contributed by atoms with van der Waals surface area (Å²) in [6, 6.07) is 5.27. The van der Waals surface area contributed by atoms with Crippen molar-refractivity contribution in [3.63, 3.8) is 0 Å². The Morgan fingerprint density at radius 1 is 1.04 bits per heavy atom. The van der Waals surface area contributed by atoms with Gasteiger partial charge in [0.15, 0.2) is 0 Å². The lowest BCUT2D eigenvalue weighted by molar-refractivity contribution is -0.160. The predicted octanol–water partition coefficient (Wildman–Crippen LogP) is 2.69. The molecule has 156 valence electrons. The molecule has 10 heteroatoms. The lowest BCUT2D eigenvalue weighted by Crippen LogP contribution is -2.49. The zero-order valence-electron chi connectivity index (χ0n) is 15.5. The summed E-state index contributed by atoms with van der Waals surface area (Å²) in [6.45, 7) is 3.02. The van der Waals surface area contributed by atoms with E-state index in [1.54, 1.807) is 42.6 Å². The maximum atomic E-state index is 13.1. The standard InChI is InChI=1S/C18H23F3N2O5/c1-3-27-16(25)9-12(2)22-15(24)10-14(18(19,20)21)23-17(26)28-11-13-7-5-4-6-8-13/h4-8,12,14H,3,9-11H2,1-2H3,(H,22,24)(H,23,26)/t12-,14-/m0/s1. The summed E-state index contributed by atoms with van der Waals surface area (Å²) in [5.74, 6) is -1.55. The summed E-state index contributed by atoms with van der Waals surface area (Å²) in [5, 5.41) is 3.92. The highest BCUT2D eigenvalue weighted by molar-refractivity contribution is 5.79. The molecule has 0 aliphatic carbocycles. The van der Waals surface area contributed by atoms with Crippen molar-refractivity contribution < 1.29 is 37.0 Å². The van der Waals surface area contributed by atoms with Gasteiger partial charge < -0.3 is 20.1 Å². The smallest absolute Gasteiger partial charge is 0.409 e. The second-order valence-corrected chi connectivity index (χ2v) is 5.98. The van der Waals surface area contributed by atoms with Gasteiger partial charge in [-0.05, 0) is 19.4 Å². The number of benzene rings is 1. The molecule has 1 rings (SSSR count). The van der Waals surface area contributed by atoms with Gasteiger partial charge in [0.05, 0.1) is 19.4 Å². The first-order valence-electron chi connectivity index (χ1n) is 8.60. The number of carbonyl (C=O) groups excluding carboxylic acids is 3. The predicted molar refractivity (Wildman–Crippen MR) is 93.1 cm³/mol. The van der Waals surface area contributed by atoms with Gasteiger partial charge in [-0.25, -0.2) is 4.79 Å². The van der Waals surface area contributed by atoms with E-state index in [2.05, 4.69) is 5.32 Å². The molecule has 0 fully saturated rings. The van der Waals surface area contributed by atoms with Crippen molar-refractivity contribution in [1.82, 2.24) is 10.6 Å². The lowest BCUT2D eigenvalue weighted by Gasteiger charge is -2.22. The number of amides is 2. The van der Waals surface area contributed by atoms with Crippen LogP contribution in [-0.2, 0) is 25.7 Å². The molecular weight excluding hydrogens is 381 g/mol. The van der Waals surface area contributed by atoms with Crippen LogP contribution in [0.25, 0.3) is 0 Å². The fourth-order valence-corrected chi connectivity index (χ4v) is 2.20. The Morgan fingerprint density at radius 2 is 1.68 bits per heavy atom. The van der Waals surface area contributed by atoms with Crippen LogP contribution >= 0.6 is 0 Å². The first-order valence-corrected chi connectivity index (χ1v) is 8.60. The Kier molecular flexibility index (Phi) is 9.26. The zero-order valence-corrected chi connectivity index (χ0v) is 15.5. The number of carbonyl (C=O) groups is 3. The second-order valence-electron chi connectivity index (χ2n) is 5.98. The minimum Gasteiger partial charge on any atom is -0.466 e. The number of rotatable bonds is 9. The maximum absolute atomic E-state index is 13.1. The number of ether oxygens (including phenoxy) is 2. The first kappa shape index (κ1) is 23.3. The van der Waals surface area contributed by atoms with Crippen LogP contribution in [0.1, 0.15) is 32.3 Å². The van der Waals surface area contributed by atoms with Crippen molar-refractivity contribution in [3.05, 3.63) is 35.9 Å². The molecule has 0 bridgehead atoms. The van der Waals surface area contributed by atoms with Gasteiger partial charge in [-0.3, -0.25) is 9.59 Å². The number of nitrogens with one attached hydrogen (secondary N) is 2. The van der Waals surface area contributed by atoms with Crippen LogP contribution < -0.4 is 10.6 Å². The number of hydrogen-bond donors (Lipinski definition) is 2. The molecule has 0 heterocycles. The minimum atomic E-state index is -4.85. The average Bonchev–Trinajstić information content (AvgIpc) is 2.59. The number of alkyl carbamates (subject to hydrolysis) is 1. The van der Waals surface area contributed by atoms with E-state index >= 15 is 0 Å². The highest BCUT2D eigenvalue weighted by atomic mass is 19.4. The van der Waals surface area contributed by atoms with Crippen LogP contribution in [0.3, 0.4) is 0 Å². The van der Waals surface area contributed by atoms with Crippen molar-refractivity contribution in [2.24, 2.45) is 0 Å². The number of alkyl halides is 3. The van der Waals surface area contributed by atoms with E-state index in [0.29, 0.717) is 5.56 Å².